The van der Waals surface area contributed by atoms with Crippen LogP contribution in [0.1, 0.15) is 30.2 Å². The highest BCUT2D eigenvalue weighted by molar-refractivity contribution is 7.99. The molecular formula is C20H21N3O2S2. The Morgan fingerprint density at radius 1 is 1.41 bits per heavy atom. The first-order valence-corrected chi connectivity index (χ1v) is 10.9. The Labute approximate surface area is 166 Å². The van der Waals surface area contributed by atoms with Gasteiger partial charge in [-0.05, 0) is 42.9 Å². The topological polar surface area (TPSA) is 65.0 Å². The molecule has 0 bridgehead atoms. The molecule has 0 unspecified atom stereocenters. The lowest BCUT2D eigenvalue weighted by Crippen LogP contribution is -2.09. The highest BCUT2D eigenvalue weighted by atomic mass is 32.2. The molecule has 0 amide bonds. The van der Waals surface area contributed by atoms with Crippen molar-refractivity contribution in [2.75, 3.05) is 12.9 Å². The summed E-state index contributed by atoms with van der Waals surface area (Å²) >= 11 is 3.41. The number of rotatable bonds is 5. The Morgan fingerprint density at radius 3 is 3.07 bits per heavy atom. The van der Waals surface area contributed by atoms with Crippen molar-refractivity contribution in [1.82, 2.24) is 15.0 Å². The van der Waals surface area contributed by atoms with E-state index in [1.54, 1.807) is 35.5 Å². The SMILES string of the molecule is COC(=O)CCSc1nc(-c2cccnc2)nc2sc3c(c12)CC[C@H](C)C3. The number of hydrogen-bond donors (Lipinski definition) is 0. The number of carbonyl (C=O) groups is 1. The summed E-state index contributed by atoms with van der Waals surface area (Å²) in [4.78, 5) is 27.9. The van der Waals surface area contributed by atoms with Gasteiger partial charge in [0.05, 0.1) is 13.5 Å². The van der Waals surface area contributed by atoms with Crippen LogP contribution in [0, 0.1) is 5.92 Å². The van der Waals surface area contributed by atoms with Gasteiger partial charge in [-0.25, -0.2) is 9.97 Å². The number of fused-ring (bicyclic) bond motifs is 3. The summed E-state index contributed by atoms with van der Waals surface area (Å²) in [6, 6.07) is 3.88. The van der Waals surface area contributed by atoms with Crippen LogP contribution in [-0.2, 0) is 22.4 Å². The van der Waals surface area contributed by atoms with E-state index in [-0.39, 0.29) is 5.97 Å². The van der Waals surface area contributed by atoms with E-state index >= 15 is 0 Å². The van der Waals surface area contributed by atoms with Crippen LogP contribution in [0.5, 0.6) is 0 Å². The molecule has 0 N–H and O–H groups in total. The lowest BCUT2D eigenvalue weighted by Gasteiger charge is -2.18. The quantitative estimate of drug-likeness (QED) is 0.357. The van der Waals surface area contributed by atoms with E-state index in [2.05, 4.69) is 11.9 Å². The maximum Gasteiger partial charge on any atom is 0.306 e. The van der Waals surface area contributed by atoms with Gasteiger partial charge in [0.25, 0.3) is 0 Å². The first-order valence-electron chi connectivity index (χ1n) is 9.08. The van der Waals surface area contributed by atoms with E-state index in [1.807, 2.05) is 12.1 Å². The Balaban J connectivity index is 1.77. The number of methoxy groups -OCH3 is 1. The minimum absolute atomic E-state index is 0.193. The van der Waals surface area contributed by atoms with Crippen LogP contribution in [0.25, 0.3) is 21.6 Å². The molecule has 1 atom stereocenters. The number of thioether (sulfide) groups is 1. The average molecular weight is 400 g/mol. The van der Waals surface area contributed by atoms with Gasteiger partial charge >= 0.3 is 5.97 Å². The number of thiophene rings is 1. The molecule has 0 radical (unpaired) electrons. The van der Waals surface area contributed by atoms with Gasteiger partial charge in [-0.2, -0.15) is 0 Å². The van der Waals surface area contributed by atoms with Crippen LogP contribution in [0.3, 0.4) is 0 Å². The van der Waals surface area contributed by atoms with Crippen molar-refractivity contribution in [1.29, 1.82) is 0 Å². The molecule has 3 aromatic rings. The Morgan fingerprint density at radius 2 is 2.30 bits per heavy atom. The fourth-order valence-electron chi connectivity index (χ4n) is 3.37. The van der Waals surface area contributed by atoms with E-state index in [0.29, 0.717) is 23.9 Å². The summed E-state index contributed by atoms with van der Waals surface area (Å²) in [5, 5.41) is 2.15. The number of carbonyl (C=O) groups excluding carboxylic acids is 1. The Bertz CT molecular complexity index is 972. The minimum Gasteiger partial charge on any atom is -0.469 e. The van der Waals surface area contributed by atoms with Crippen LogP contribution < -0.4 is 0 Å². The largest absolute Gasteiger partial charge is 0.469 e. The maximum atomic E-state index is 11.5. The number of nitrogens with zero attached hydrogens (tertiary/aromatic N) is 3. The van der Waals surface area contributed by atoms with Gasteiger partial charge in [-0.1, -0.05) is 6.92 Å². The summed E-state index contributed by atoms with van der Waals surface area (Å²) in [5.41, 5.74) is 2.32. The van der Waals surface area contributed by atoms with Gasteiger partial charge in [0.15, 0.2) is 5.82 Å². The van der Waals surface area contributed by atoms with E-state index < -0.39 is 0 Å². The van der Waals surface area contributed by atoms with Gasteiger partial charge in [-0.3, -0.25) is 9.78 Å². The summed E-state index contributed by atoms with van der Waals surface area (Å²) in [5.74, 6) is 1.86. The minimum atomic E-state index is -0.193. The zero-order valence-corrected chi connectivity index (χ0v) is 17.0. The number of aryl methyl sites for hydroxylation is 1. The molecule has 0 spiro atoms. The number of esters is 1. The standard InChI is InChI=1S/C20H21N3O2S2/c1-12-5-6-14-15(10-12)27-20-17(14)19(26-9-7-16(24)25-2)22-18(23-20)13-4-3-8-21-11-13/h3-4,8,11-12H,5-7,9-10H2,1-2H3/t12-/m0/s1. The molecular weight excluding hydrogens is 378 g/mol. The summed E-state index contributed by atoms with van der Waals surface area (Å²) < 4.78 is 4.76. The van der Waals surface area contributed by atoms with E-state index in [9.17, 15) is 4.79 Å². The maximum absolute atomic E-state index is 11.5. The molecule has 0 saturated heterocycles. The highest BCUT2D eigenvalue weighted by Gasteiger charge is 2.24. The molecule has 5 nitrogen and oxygen atoms in total. The fourth-order valence-corrected chi connectivity index (χ4v) is 5.80. The lowest BCUT2D eigenvalue weighted by molar-refractivity contribution is -0.140. The fraction of sp³-hybridized carbons (Fsp3) is 0.400. The second-order valence-corrected chi connectivity index (χ2v) is 8.97. The van der Waals surface area contributed by atoms with Crippen molar-refractivity contribution < 1.29 is 9.53 Å². The van der Waals surface area contributed by atoms with Crippen LogP contribution in [0.4, 0.5) is 0 Å². The first-order chi connectivity index (χ1) is 13.2. The van der Waals surface area contributed by atoms with Crippen LogP contribution >= 0.6 is 23.1 Å². The van der Waals surface area contributed by atoms with Crippen molar-refractivity contribution in [3.05, 3.63) is 35.0 Å². The van der Waals surface area contributed by atoms with Gasteiger partial charge in [-0.15, -0.1) is 23.1 Å². The highest BCUT2D eigenvalue weighted by Crippen LogP contribution is 2.41. The summed E-state index contributed by atoms with van der Waals surface area (Å²) in [6.45, 7) is 2.31. The summed E-state index contributed by atoms with van der Waals surface area (Å²) in [7, 11) is 1.42. The lowest BCUT2D eigenvalue weighted by atomic mass is 9.89. The Hall–Kier alpha value is -1.99. The summed E-state index contributed by atoms with van der Waals surface area (Å²) in [6.07, 6.45) is 7.31. The molecule has 0 aromatic carbocycles. The number of hydrogen-bond acceptors (Lipinski definition) is 7. The predicted molar refractivity (Wildman–Crippen MR) is 109 cm³/mol. The third-order valence-corrected chi connectivity index (χ3v) is 6.94. The molecule has 1 aliphatic carbocycles. The molecule has 0 saturated carbocycles. The van der Waals surface area contributed by atoms with Gasteiger partial charge in [0.2, 0.25) is 0 Å². The predicted octanol–water partition coefficient (Wildman–Crippen LogP) is 4.53. The van der Waals surface area contributed by atoms with Crippen molar-refractivity contribution in [3.63, 3.8) is 0 Å². The van der Waals surface area contributed by atoms with E-state index in [1.165, 1.54) is 29.4 Å². The normalized spacial score (nSPS) is 16.3. The first kappa shape index (κ1) is 18.4. The molecule has 7 heteroatoms. The second-order valence-electron chi connectivity index (χ2n) is 6.80. The van der Waals surface area contributed by atoms with Crippen LogP contribution in [0.2, 0.25) is 0 Å². The number of ether oxygens (including phenoxy) is 1. The smallest absolute Gasteiger partial charge is 0.306 e. The molecule has 3 aromatic heterocycles. The van der Waals surface area contributed by atoms with Gasteiger partial charge in [0.1, 0.15) is 9.86 Å². The molecule has 1 aliphatic rings. The molecule has 3 heterocycles. The second kappa shape index (κ2) is 7.94. The third-order valence-electron chi connectivity index (χ3n) is 4.81. The monoisotopic (exact) mass is 399 g/mol. The molecule has 0 fully saturated rings. The van der Waals surface area contributed by atoms with Crippen LogP contribution in [-0.4, -0.2) is 33.8 Å². The zero-order chi connectivity index (χ0) is 18.8. The zero-order valence-electron chi connectivity index (χ0n) is 15.4. The van der Waals surface area contributed by atoms with Crippen molar-refractivity contribution in [3.8, 4) is 11.4 Å². The van der Waals surface area contributed by atoms with Crippen LogP contribution in [0.15, 0.2) is 29.6 Å². The number of pyridine rings is 1. The van der Waals surface area contributed by atoms with Gasteiger partial charge in [0, 0.05) is 34.0 Å². The molecule has 4 rings (SSSR count). The van der Waals surface area contributed by atoms with E-state index in [0.717, 1.165) is 28.3 Å². The Kier molecular flexibility index (Phi) is 5.41. The van der Waals surface area contributed by atoms with Crippen molar-refractivity contribution >= 4 is 39.3 Å². The average Bonchev–Trinajstić information content (AvgIpc) is 3.05. The molecule has 0 aliphatic heterocycles. The van der Waals surface area contributed by atoms with Crippen molar-refractivity contribution in [2.24, 2.45) is 5.92 Å². The molecule has 140 valence electrons. The third kappa shape index (κ3) is 3.84. The number of aromatic nitrogens is 3. The van der Waals surface area contributed by atoms with Crippen molar-refractivity contribution in [2.45, 2.75) is 37.6 Å². The van der Waals surface area contributed by atoms with E-state index in [4.69, 9.17) is 14.7 Å². The van der Waals surface area contributed by atoms with Gasteiger partial charge < -0.3 is 4.74 Å². The molecule has 27 heavy (non-hydrogen) atoms.